The van der Waals surface area contributed by atoms with Crippen LogP contribution in [0.3, 0.4) is 0 Å². The van der Waals surface area contributed by atoms with Crippen molar-refractivity contribution in [3.63, 3.8) is 0 Å². The number of benzene rings is 1. The third-order valence-electron chi connectivity index (χ3n) is 4.16. The minimum atomic E-state index is -3.95. The third-order valence-corrected chi connectivity index (χ3v) is 7.72. The van der Waals surface area contributed by atoms with Crippen LogP contribution in [0.25, 0.3) is 0 Å². The molecule has 0 bridgehead atoms. The van der Waals surface area contributed by atoms with Gasteiger partial charge in [-0.2, -0.15) is 4.31 Å². The van der Waals surface area contributed by atoms with E-state index in [0.29, 0.717) is 6.42 Å². The Balaban J connectivity index is 2.40. The highest BCUT2D eigenvalue weighted by atomic mass is 32.2. The number of piperidine rings is 1. The molecule has 1 fully saturated rings. The monoisotopic (exact) mass is 375 g/mol. The lowest BCUT2D eigenvalue weighted by atomic mass is 9.92. The molecule has 1 saturated heterocycles. The van der Waals surface area contributed by atoms with Gasteiger partial charge in [0.05, 0.1) is 21.5 Å². The summed E-state index contributed by atoms with van der Waals surface area (Å²) in [5, 5.41) is 9.19. The molecule has 134 valence electrons. The second-order valence-electron chi connectivity index (χ2n) is 6.08. The lowest BCUT2D eigenvalue weighted by Crippen LogP contribution is -2.45. The first-order chi connectivity index (χ1) is 11.1. The van der Waals surface area contributed by atoms with Crippen LogP contribution in [0.15, 0.2) is 34.1 Å². The first kappa shape index (κ1) is 18.9. The number of sulfone groups is 1. The summed E-state index contributed by atoms with van der Waals surface area (Å²) < 4.78 is 50.7. The molecule has 0 saturated carbocycles. The summed E-state index contributed by atoms with van der Waals surface area (Å²) in [4.78, 5) is 11.1. The van der Waals surface area contributed by atoms with Gasteiger partial charge in [-0.1, -0.05) is 19.9 Å². The Morgan fingerprint density at radius 2 is 1.83 bits per heavy atom. The molecular weight excluding hydrogens is 354 g/mol. The van der Waals surface area contributed by atoms with E-state index in [1.807, 2.05) is 0 Å². The Morgan fingerprint density at radius 3 is 2.42 bits per heavy atom. The van der Waals surface area contributed by atoms with E-state index < -0.39 is 31.7 Å². The normalized spacial score (nSPS) is 23.1. The predicted molar refractivity (Wildman–Crippen MR) is 87.8 cm³/mol. The lowest BCUT2D eigenvalue weighted by Gasteiger charge is -2.33. The van der Waals surface area contributed by atoms with Crippen LogP contribution < -0.4 is 0 Å². The highest BCUT2D eigenvalue weighted by Crippen LogP contribution is 2.28. The summed E-state index contributed by atoms with van der Waals surface area (Å²) in [6.07, 6.45) is 0.422. The van der Waals surface area contributed by atoms with Crippen molar-refractivity contribution in [3.05, 3.63) is 24.3 Å². The van der Waals surface area contributed by atoms with E-state index in [4.69, 9.17) is 0 Å². The van der Waals surface area contributed by atoms with E-state index in [1.165, 1.54) is 25.1 Å². The molecule has 2 rings (SSSR count). The Kier molecular flexibility index (Phi) is 5.36. The molecule has 0 amide bonds. The average molecular weight is 375 g/mol. The Labute approximate surface area is 142 Å². The highest BCUT2D eigenvalue weighted by molar-refractivity contribution is 7.91. The molecule has 1 aliphatic heterocycles. The summed E-state index contributed by atoms with van der Waals surface area (Å²) >= 11 is 0. The zero-order valence-electron chi connectivity index (χ0n) is 13.5. The topological polar surface area (TPSA) is 109 Å². The van der Waals surface area contributed by atoms with Gasteiger partial charge < -0.3 is 5.11 Å². The standard InChI is InChI=1S/C15H21NO6S2/c1-3-23(19,20)13-5-4-6-14(8-13)24(21,22)16-9-11(2)7-12(10-16)15(17)18/h4-6,8,11-12H,3,7,9-10H2,1-2H3,(H,17,18). The summed E-state index contributed by atoms with van der Waals surface area (Å²) in [5.41, 5.74) is 0. The van der Waals surface area contributed by atoms with Crippen LogP contribution in [0, 0.1) is 11.8 Å². The molecule has 0 aromatic heterocycles. The van der Waals surface area contributed by atoms with Crippen LogP contribution >= 0.6 is 0 Å². The molecule has 2 atom stereocenters. The zero-order valence-corrected chi connectivity index (χ0v) is 15.2. The molecular formula is C15H21NO6S2. The van der Waals surface area contributed by atoms with Gasteiger partial charge in [-0.3, -0.25) is 4.79 Å². The number of rotatable bonds is 5. The molecule has 0 aliphatic carbocycles. The van der Waals surface area contributed by atoms with Crippen LogP contribution in [-0.2, 0) is 24.7 Å². The first-order valence-electron chi connectivity index (χ1n) is 7.63. The fourth-order valence-electron chi connectivity index (χ4n) is 2.82. The second kappa shape index (κ2) is 6.81. The van der Waals surface area contributed by atoms with E-state index in [-0.39, 0.29) is 34.6 Å². The summed E-state index contributed by atoms with van der Waals surface area (Å²) in [6.45, 7) is 3.40. The van der Waals surface area contributed by atoms with Crippen molar-refractivity contribution in [1.29, 1.82) is 0 Å². The van der Waals surface area contributed by atoms with Crippen LogP contribution in [0.1, 0.15) is 20.3 Å². The first-order valence-corrected chi connectivity index (χ1v) is 10.7. The molecule has 0 spiro atoms. The molecule has 1 aromatic carbocycles. The summed E-state index contributed by atoms with van der Waals surface area (Å²) in [6, 6.07) is 5.22. The lowest BCUT2D eigenvalue weighted by molar-refractivity contribution is -0.143. The smallest absolute Gasteiger partial charge is 0.307 e. The Hall–Kier alpha value is -1.45. The van der Waals surface area contributed by atoms with Gasteiger partial charge in [0, 0.05) is 13.1 Å². The van der Waals surface area contributed by atoms with Crippen molar-refractivity contribution in [2.24, 2.45) is 11.8 Å². The number of carboxylic acids is 1. The molecule has 1 aliphatic rings. The number of aliphatic carboxylic acids is 1. The highest BCUT2D eigenvalue weighted by Gasteiger charge is 2.36. The van der Waals surface area contributed by atoms with Gasteiger partial charge in [-0.05, 0) is 30.5 Å². The number of carboxylic acid groups (broad SMARTS) is 1. The van der Waals surface area contributed by atoms with Crippen molar-refractivity contribution >= 4 is 25.8 Å². The van der Waals surface area contributed by atoms with Crippen LogP contribution in [0.4, 0.5) is 0 Å². The maximum Gasteiger partial charge on any atom is 0.307 e. The molecule has 1 N–H and O–H groups in total. The van der Waals surface area contributed by atoms with Crippen LogP contribution in [-0.4, -0.2) is 51.1 Å². The van der Waals surface area contributed by atoms with Gasteiger partial charge in [0.1, 0.15) is 0 Å². The molecule has 1 heterocycles. The van der Waals surface area contributed by atoms with Crippen molar-refractivity contribution in [1.82, 2.24) is 4.31 Å². The van der Waals surface area contributed by atoms with Gasteiger partial charge in [0.15, 0.2) is 9.84 Å². The fourth-order valence-corrected chi connectivity index (χ4v) is 5.47. The van der Waals surface area contributed by atoms with Gasteiger partial charge in [-0.25, -0.2) is 16.8 Å². The number of hydrogen-bond acceptors (Lipinski definition) is 5. The minimum Gasteiger partial charge on any atom is -0.481 e. The molecule has 7 nitrogen and oxygen atoms in total. The number of sulfonamides is 1. The minimum absolute atomic E-state index is 0.0501. The van der Waals surface area contributed by atoms with E-state index in [0.717, 1.165) is 10.4 Å². The summed E-state index contributed by atoms with van der Waals surface area (Å²) in [7, 11) is -7.47. The van der Waals surface area contributed by atoms with Crippen LogP contribution in [0.2, 0.25) is 0 Å². The van der Waals surface area contributed by atoms with E-state index in [9.17, 15) is 26.7 Å². The third kappa shape index (κ3) is 3.79. The fraction of sp³-hybridized carbons (Fsp3) is 0.533. The van der Waals surface area contributed by atoms with E-state index in [2.05, 4.69) is 0 Å². The van der Waals surface area contributed by atoms with Crippen molar-refractivity contribution in [3.8, 4) is 0 Å². The maximum absolute atomic E-state index is 12.8. The largest absolute Gasteiger partial charge is 0.481 e. The number of carbonyl (C=O) groups is 1. The molecule has 9 heteroatoms. The zero-order chi connectivity index (χ0) is 18.1. The molecule has 1 aromatic rings. The molecule has 2 unspecified atom stereocenters. The Morgan fingerprint density at radius 1 is 1.21 bits per heavy atom. The van der Waals surface area contributed by atoms with Gasteiger partial charge >= 0.3 is 5.97 Å². The number of hydrogen-bond donors (Lipinski definition) is 1. The number of nitrogens with zero attached hydrogens (tertiary/aromatic N) is 1. The quantitative estimate of drug-likeness (QED) is 0.829. The molecule has 24 heavy (non-hydrogen) atoms. The van der Waals surface area contributed by atoms with Crippen molar-refractivity contribution < 1.29 is 26.7 Å². The van der Waals surface area contributed by atoms with Crippen molar-refractivity contribution in [2.45, 2.75) is 30.1 Å². The van der Waals surface area contributed by atoms with Gasteiger partial charge in [0.2, 0.25) is 10.0 Å². The van der Waals surface area contributed by atoms with Gasteiger partial charge in [-0.15, -0.1) is 0 Å². The van der Waals surface area contributed by atoms with Crippen LogP contribution in [0.5, 0.6) is 0 Å². The summed E-state index contributed by atoms with van der Waals surface area (Å²) in [5.74, 6) is -1.99. The maximum atomic E-state index is 12.8. The Bertz CT molecular complexity index is 831. The SMILES string of the molecule is CCS(=O)(=O)c1cccc(S(=O)(=O)N2CC(C)CC(C(=O)O)C2)c1. The second-order valence-corrected chi connectivity index (χ2v) is 10.3. The van der Waals surface area contributed by atoms with E-state index in [1.54, 1.807) is 6.92 Å². The average Bonchev–Trinajstić information content (AvgIpc) is 2.54. The van der Waals surface area contributed by atoms with E-state index >= 15 is 0 Å². The molecule has 0 radical (unpaired) electrons. The predicted octanol–water partition coefficient (Wildman–Crippen LogP) is 1.21. The van der Waals surface area contributed by atoms with Crippen molar-refractivity contribution in [2.75, 3.05) is 18.8 Å². The van der Waals surface area contributed by atoms with Gasteiger partial charge in [0.25, 0.3) is 0 Å².